The van der Waals surface area contributed by atoms with E-state index in [2.05, 4.69) is 31.0 Å². The third-order valence-corrected chi connectivity index (χ3v) is 7.19. The van der Waals surface area contributed by atoms with Crippen molar-refractivity contribution in [1.82, 2.24) is 20.4 Å². The second-order valence-corrected chi connectivity index (χ2v) is 10.6. The molecule has 9 nitrogen and oxygen atoms in total. The number of nitrogens with one attached hydrogen (secondary N) is 2. The molecule has 0 bridgehead atoms. The lowest BCUT2D eigenvalue weighted by atomic mass is 10.0. The highest BCUT2D eigenvalue weighted by Gasteiger charge is 2.17. The van der Waals surface area contributed by atoms with Gasteiger partial charge in [0.1, 0.15) is 5.01 Å². The van der Waals surface area contributed by atoms with E-state index >= 15 is 0 Å². The first kappa shape index (κ1) is 28.0. The van der Waals surface area contributed by atoms with Crippen molar-refractivity contribution in [3.63, 3.8) is 0 Å². The van der Waals surface area contributed by atoms with Gasteiger partial charge in [0.05, 0.1) is 18.0 Å². The SMILES string of the molecule is CC(N)c1cccc(CC(=O)Nc2ccc(CCCCc3nnc(NC(=O)C(C)c4ccccc4)s3)nn2)c1. The molecule has 0 aliphatic heterocycles. The Kier molecular flexibility index (Phi) is 9.82. The monoisotopic (exact) mass is 543 g/mol. The number of hydrogen-bond acceptors (Lipinski definition) is 8. The van der Waals surface area contributed by atoms with Crippen LogP contribution in [-0.4, -0.2) is 32.2 Å². The van der Waals surface area contributed by atoms with Gasteiger partial charge in [-0.25, -0.2) is 0 Å². The molecular formula is C29H33N7O2S. The van der Waals surface area contributed by atoms with Crippen LogP contribution in [0.5, 0.6) is 0 Å². The summed E-state index contributed by atoms with van der Waals surface area (Å²) >= 11 is 1.40. The third-order valence-electron chi connectivity index (χ3n) is 6.29. The number of aromatic nitrogens is 4. The van der Waals surface area contributed by atoms with E-state index in [1.807, 2.05) is 74.5 Å². The Morgan fingerprint density at radius 3 is 2.36 bits per heavy atom. The summed E-state index contributed by atoms with van der Waals surface area (Å²) < 4.78 is 0. The second kappa shape index (κ2) is 13.7. The summed E-state index contributed by atoms with van der Waals surface area (Å²) in [6.07, 6.45) is 3.59. The zero-order valence-corrected chi connectivity index (χ0v) is 22.9. The maximum atomic E-state index is 12.5. The van der Waals surface area contributed by atoms with Gasteiger partial charge in [0.2, 0.25) is 16.9 Å². The maximum Gasteiger partial charge on any atom is 0.233 e. The van der Waals surface area contributed by atoms with Crippen molar-refractivity contribution in [1.29, 1.82) is 0 Å². The lowest BCUT2D eigenvalue weighted by molar-refractivity contribution is -0.117. The molecule has 0 saturated heterocycles. The molecule has 2 aromatic carbocycles. The minimum Gasteiger partial charge on any atom is -0.324 e. The Labute approximate surface area is 232 Å². The lowest BCUT2D eigenvalue weighted by Gasteiger charge is -2.10. The molecule has 0 spiro atoms. The molecule has 202 valence electrons. The molecule has 39 heavy (non-hydrogen) atoms. The van der Waals surface area contributed by atoms with Crippen molar-refractivity contribution in [2.24, 2.45) is 5.73 Å². The minimum atomic E-state index is -0.267. The number of rotatable bonds is 12. The summed E-state index contributed by atoms with van der Waals surface area (Å²) in [6, 6.07) is 20.9. The number of nitrogens with zero attached hydrogens (tertiary/aromatic N) is 4. The summed E-state index contributed by atoms with van der Waals surface area (Å²) in [5, 5.41) is 23.8. The Morgan fingerprint density at radius 1 is 0.846 bits per heavy atom. The van der Waals surface area contributed by atoms with E-state index in [0.717, 1.165) is 53.1 Å². The number of amides is 2. The van der Waals surface area contributed by atoms with Gasteiger partial charge in [-0.05, 0) is 61.9 Å². The fourth-order valence-electron chi connectivity index (χ4n) is 4.01. The smallest absolute Gasteiger partial charge is 0.233 e. The number of carbonyl (C=O) groups excluding carboxylic acids is 2. The third kappa shape index (κ3) is 8.49. The Morgan fingerprint density at radius 2 is 1.62 bits per heavy atom. The van der Waals surface area contributed by atoms with Crippen molar-refractivity contribution in [2.45, 2.75) is 57.9 Å². The number of aryl methyl sites for hydroxylation is 2. The first-order valence-electron chi connectivity index (χ1n) is 13.0. The molecule has 0 aliphatic carbocycles. The number of unbranched alkanes of at least 4 members (excludes halogenated alkanes) is 1. The number of anilines is 2. The van der Waals surface area contributed by atoms with E-state index in [1.165, 1.54) is 11.3 Å². The zero-order valence-electron chi connectivity index (χ0n) is 22.1. The predicted octanol–water partition coefficient (Wildman–Crippen LogP) is 4.84. The molecular weight excluding hydrogens is 510 g/mol. The van der Waals surface area contributed by atoms with Gasteiger partial charge in [0.25, 0.3) is 0 Å². The first-order valence-corrected chi connectivity index (χ1v) is 13.8. The van der Waals surface area contributed by atoms with E-state index in [0.29, 0.717) is 10.9 Å². The fraction of sp³-hybridized carbons (Fsp3) is 0.310. The van der Waals surface area contributed by atoms with Gasteiger partial charge >= 0.3 is 0 Å². The molecule has 0 fully saturated rings. The van der Waals surface area contributed by atoms with Gasteiger partial charge in [-0.2, -0.15) is 5.10 Å². The minimum absolute atomic E-state index is 0.0797. The van der Waals surface area contributed by atoms with Crippen LogP contribution in [-0.2, 0) is 28.9 Å². The van der Waals surface area contributed by atoms with Crippen molar-refractivity contribution in [3.05, 3.63) is 94.1 Å². The van der Waals surface area contributed by atoms with E-state index in [-0.39, 0.29) is 30.2 Å². The summed E-state index contributed by atoms with van der Waals surface area (Å²) in [6.45, 7) is 3.79. The number of benzene rings is 2. The molecule has 2 unspecified atom stereocenters. The maximum absolute atomic E-state index is 12.5. The molecule has 0 aliphatic rings. The molecule has 4 N–H and O–H groups in total. The standard InChI is InChI=1S/C29H33N7O2S/c1-19(22-10-4-3-5-11-22)28(38)32-29-36-35-27(39-29)14-7-6-13-24-15-16-25(34-33-24)31-26(37)18-21-9-8-12-23(17-21)20(2)30/h3-5,8-12,15-17,19-20H,6-7,13-14,18,30H2,1-2H3,(H,31,34,37)(H,32,36,38). The van der Waals surface area contributed by atoms with Gasteiger partial charge in [0.15, 0.2) is 5.82 Å². The normalized spacial score (nSPS) is 12.5. The Hall–Kier alpha value is -4.02. The summed E-state index contributed by atoms with van der Waals surface area (Å²) in [7, 11) is 0. The van der Waals surface area contributed by atoms with Crippen molar-refractivity contribution >= 4 is 34.1 Å². The number of hydrogen-bond donors (Lipinski definition) is 3. The molecule has 2 aromatic heterocycles. The quantitative estimate of drug-likeness (QED) is 0.218. The topological polar surface area (TPSA) is 136 Å². The van der Waals surface area contributed by atoms with Gasteiger partial charge in [-0.15, -0.1) is 15.3 Å². The van der Waals surface area contributed by atoms with Crippen LogP contribution in [0.2, 0.25) is 0 Å². The highest BCUT2D eigenvalue weighted by atomic mass is 32.1. The van der Waals surface area contributed by atoms with E-state index in [9.17, 15) is 9.59 Å². The molecule has 2 atom stereocenters. The lowest BCUT2D eigenvalue weighted by Crippen LogP contribution is -2.18. The summed E-state index contributed by atoms with van der Waals surface area (Å²) in [4.78, 5) is 24.9. The molecule has 4 aromatic rings. The Bertz CT molecular complexity index is 1370. The van der Waals surface area contributed by atoms with Gasteiger partial charge in [-0.1, -0.05) is 65.9 Å². The number of carbonyl (C=O) groups is 2. The molecule has 0 saturated carbocycles. The highest BCUT2D eigenvalue weighted by Crippen LogP contribution is 2.21. The molecule has 0 radical (unpaired) electrons. The van der Waals surface area contributed by atoms with Crippen LogP contribution in [0.1, 0.15) is 66.0 Å². The summed E-state index contributed by atoms with van der Waals surface area (Å²) in [5.41, 5.74) is 9.65. The van der Waals surface area contributed by atoms with Gasteiger partial charge in [0, 0.05) is 12.5 Å². The van der Waals surface area contributed by atoms with Crippen LogP contribution in [0.25, 0.3) is 0 Å². The molecule has 2 amide bonds. The van der Waals surface area contributed by atoms with Crippen LogP contribution in [0.3, 0.4) is 0 Å². The number of nitrogens with two attached hydrogens (primary N) is 1. The van der Waals surface area contributed by atoms with Gasteiger partial charge < -0.3 is 16.4 Å². The van der Waals surface area contributed by atoms with Crippen molar-refractivity contribution < 1.29 is 9.59 Å². The van der Waals surface area contributed by atoms with E-state index < -0.39 is 0 Å². The largest absolute Gasteiger partial charge is 0.324 e. The van der Waals surface area contributed by atoms with E-state index in [1.54, 1.807) is 6.07 Å². The fourth-order valence-corrected chi connectivity index (χ4v) is 4.80. The molecule has 2 heterocycles. The Balaban J connectivity index is 1.17. The molecule has 10 heteroatoms. The van der Waals surface area contributed by atoms with Crippen LogP contribution in [0.4, 0.5) is 10.9 Å². The first-order chi connectivity index (χ1) is 18.9. The molecule has 4 rings (SSSR count). The highest BCUT2D eigenvalue weighted by molar-refractivity contribution is 7.15. The van der Waals surface area contributed by atoms with Crippen LogP contribution in [0.15, 0.2) is 66.7 Å². The second-order valence-electron chi connectivity index (χ2n) is 9.50. The summed E-state index contributed by atoms with van der Waals surface area (Å²) in [5.74, 6) is -0.0904. The van der Waals surface area contributed by atoms with Crippen molar-refractivity contribution in [2.75, 3.05) is 10.6 Å². The van der Waals surface area contributed by atoms with Crippen LogP contribution in [0, 0.1) is 0 Å². The van der Waals surface area contributed by atoms with Crippen molar-refractivity contribution in [3.8, 4) is 0 Å². The average Bonchev–Trinajstić information content (AvgIpc) is 3.39. The predicted molar refractivity (Wildman–Crippen MR) is 153 cm³/mol. The van der Waals surface area contributed by atoms with Gasteiger partial charge in [-0.3, -0.25) is 9.59 Å². The van der Waals surface area contributed by atoms with E-state index in [4.69, 9.17) is 5.73 Å². The average molecular weight is 544 g/mol. The van der Waals surface area contributed by atoms with Crippen LogP contribution < -0.4 is 16.4 Å². The van der Waals surface area contributed by atoms with Crippen LogP contribution >= 0.6 is 11.3 Å². The zero-order chi connectivity index (χ0) is 27.6.